The Morgan fingerprint density at radius 3 is 2.88 bits per heavy atom. The van der Waals surface area contributed by atoms with E-state index in [1.807, 2.05) is 24.3 Å². The summed E-state index contributed by atoms with van der Waals surface area (Å²) in [5.41, 5.74) is 0.622. The Balaban J connectivity index is 1.47. The van der Waals surface area contributed by atoms with E-state index in [1.54, 1.807) is 12.0 Å². The lowest BCUT2D eigenvalue weighted by molar-refractivity contribution is -0.128. The van der Waals surface area contributed by atoms with Crippen LogP contribution >= 0.6 is 11.3 Å². The number of aromatic nitrogens is 1. The second kappa shape index (κ2) is 6.96. The molecule has 1 unspecified atom stereocenters. The number of hydrogen-bond donors (Lipinski definition) is 1. The van der Waals surface area contributed by atoms with E-state index in [0.29, 0.717) is 18.3 Å². The van der Waals surface area contributed by atoms with Crippen molar-refractivity contribution in [2.45, 2.75) is 37.6 Å². The standard InChI is InChI=1S/C19H23N3O3S/c1-25-12-19(8-4-5-9-19)21-17(24)13-10-16(23)22(11-13)18-20-14-6-2-3-7-15(14)26-18/h2-3,6-7,13H,4-5,8-12H2,1H3,(H,21,24). The minimum Gasteiger partial charge on any atom is -0.382 e. The molecule has 2 fully saturated rings. The van der Waals surface area contributed by atoms with Gasteiger partial charge in [-0.25, -0.2) is 4.98 Å². The van der Waals surface area contributed by atoms with Crippen LogP contribution in [0, 0.1) is 5.92 Å². The number of fused-ring (bicyclic) bond motifs is 1. The van der Waals surface area contributed by atoms with Crippen molar-refractivity contribution in [2.75, 3.05) is 25.2 Å². The maximum absolute atomic E-state index is 12.8. The third kappa shape index (κ3) is 3.21. The molecule has 6 nitrogen and oxygen atoms in total. The van der Waals surface area contributed by atoms with Crippen molar-refractivity contribution in [2.24, 2.45) is 5.92 Å². The summed E-state index contributed by atoms with van der Waals surface area (Å²) in [7, 11) is 1.67. The van der Waals surface area contributed by atoms with Gasteiger partial charge in [0.2, 0.25) is 11.8 Å². The Hall–Kier alpha value is -1.99. The van der Waals surface area contributed by atoms with Crippen molar-refractivity contribution < 1.29 is 14.3 Å². The van der Waals surface area contributed by atoms with Crippen molar-refractivity contribution >= 4 is 38.5 Å². The van der Waals surface area contributed by atoms with Gasteiger partial charge in [0, 0.05) is 20.1 Å². The number of carbonyl (C=O) groups excluding carboxylic acids is 2. The monoisotopic (exact) mass is 373 g/mol. The summed E-state index contributed by atoms with van der Waals surface area (Å²) in [4.78, 5) is 31.5. The van der Waals surface area contributed by atoms with Crippen LogP contribution in [0.2, 0.25) is 0 Å². The minimum absolute atomic E-state index is 0.0311. The molecule has 2 amide bonds. The van der Waals surface area contributed by atoms with Crippen LogP contribution in [0.25, 0.3) is 10.2 Å². The number of nitrogens with zero attached hydrogens (tertiary/aromatic N) is 2. The summed E-state index contributed by atoms with van der Waals surface area (Å²) in [6, 6.07) is 7.83. The zero-order valence-corrected chi connectivity index (χ0v) is 15.7. The van der Waals surface area contributed by atoms with Crippen molar-refractivity contribution in [1.29, 1.82) is 0 Å². The first-order chi connectivity index (χ1) is 12.6. The van der Waals surface area contributed by atoms with E-state index in [-0.39, 0.29) is 29.7 Å². The molecule has 1 aliphatic heterocycles. The predicted molar refractivity (Wildman–Crippen MR) is 101 cm³/mol. The molecule has 0 spiro atoms. The van der Waals surface area contributed by atoms with Gasteiger partial charge < -0.3 is 10.1 Å². The Morgan fingerprint density at radius 1 is 1.38 bits per heavy atom. The van der Waals surface area contributed by atoms with Crippen LogP contribution in [0.3, 0.4) is 0 Å². The Labute approximate surface area is 156 Å². The molecule has 1 aromatic carbocycles. The smallest absolute Gasteiger partial charge is 0.229 e. The van der Waals surface area contributed by atoms with Gasteiger partial charge in [-0.15, -0.1) is 0 Å². The molecule has 1 atom stereocenters. The molecule has 2 aliphatic rings. The summed E-state index contributed by atoms with van der Waals surface area (Å²) in [5.74, 6) is -0.402. The number of ether oxygens (including phenoxy) is 1. The van der Waals surface area contributed by atoms with E-state index in [2.05, 4.69) is 10.3 Å². The van der Waals surface area contributed by atoms with Crippen LogP contribution in [0.4, 0.5) is 5.13 Å². The highest BCUT2D eigenvalue weighted by Crippen LogP contribution is 2.34. The molecule has 138 valence electrons. The fourth-order valence-electron chi connectivity index (χ4n) is 4.04. The second-order valence-electron chi connectivity index (χ2n) is 7.28. The molecule has 7 heteroatoms. The van der Waals surface area contributed by atoms with Gasteiger partial charge in [0.15, 0.2) is 5.13 Å². The second-order valence-corrected chi connectivity index (χ2v) is 8.29. The first-order valence-electron chi connectivity index (χ1n) is 9.07. The number of amides is 2. The molecular weight excluding hydrogens is 350 g/mol. The van der Waals surface area contributed by atoms with Gasteiger partial charge in [0.25, 0.3) is 0 Å². The fraction of sp³-hybridized carbons (Fsp3) is 0.526. The van der Waals surface area contributed by atoms with Crippen LogP contribution in [-0.4, -0.2) is 42.6 Å². The summed E-state index contributed by atoms with van der Waals surface area (Å²) < 4.78 is 6.39. The molecule has 4 rings (SSSR count). The largest absolute Gasteiger partial charge is 0.382 e. The van der Waals surface area contributed by atoms with Crippen molar-refractivity contribution in [3.05, 3.63) is 24.3 Å². The van der Waals surface area contributed by atoms with Gasteiger partial charge >= 0.3 is 0 Å². The minimum atomic E-state index is -0.330. The number of nitrogens with one attached hydrogen (secondary N) is 1. The van der Waals surface area contributed by atoms with Gasteiger partial charge in [-0.05, 0) is 25.0 Å². The summed E-state index contributed by atoms with van der Waals surface area (Å²) in [6.07, 6.45) is 4.32. The number of para-hydroxylation sites is 1. The summed E-state index contributed by atoms with van der Waals surface area (Å²) >= 11 is 1.49. The Kier molecular flexibility index (Phi) is 4.67. The normalized spacial score (nSPS) is 22.3. The zero-order valence-electron chi connectivity index (χ0n) is 14.9. The molecule has 1 saturated heterocycles. The van der Waals surface area contributed by atoms with Crippen LogP contribution in [0.1, 0.15) is 32.1 Å². The molecule has 1 N–H and O–H groups in total. The Morgan fingerprint density at radius 2 is 2.15 bits per heavy atom. The van der Waals surface area contributed by atoms with Gasteiger partial charge in [-0.3, -0.25) is 14.5 Å². The number of methoxy groups -OCH3 is 1. The SMILES string of the molecule is COCC1(NC(=O)C2CC(=O)N(c3nc4ccccc4s3)C2)CCCC1. The maximum atomic E-state index is 12.8. The lowest BCUT2D eigenvalue weighted by Crippen LogP contribution is -2.51. The first kappa shape index (κ1) is 17.4. The number of rotatable bonds is 5. The number of hydrogen-bond acceptors (Lipinski definition) is 5. The molecule has 1 aliphatic carbocycles. The average Bonchev–Trinajstić information content (AvgIpc) is 3.33. The van der Waals surface area contributed by atoms with Gasteiger partial charge in [0.1, 0.15) is 0 Å². The van der Waals surface area contributed by atoms with Crippen LogP contribution in [-0.2, 0) is 14.3 Å². The highest BCUT2D eigenvalue weighted by Gasteiger charge is 2.41. The third-order valence-corrected chi connectivity index (χ3v) is 6.44. The number of carbonyl (C=O) groups is 2. The average molecular weight is 373 g/mol. The topological polar surface area (TPSA) is 71.5 Å². The van der Waals surface area contributed by atoms with E-state index in [4.69, 9.17) is 4.74 Å². The third-order valence-electron chi connectivity index (χ3n) is 5.38. The molecule has 1 saturated carbocycles. The molecule has 2 heterocycles. The molecular formula is C19H23N3O3S. The molecule has 0 bridgehead atoms. The van der Waals surface area contributed by atoms with Crippen molar-refractivity contribution in [3.8, 4) is 0 Å². The van der Waals surface area contributed by atoms with Crippen LogP contribution < -0.4 is 10.2 Å². The highest BCUT2D eigenvalue weighted by molar-refractivity contribution is 7.22. The van der Waals surface area contributed by atoms with Crippen molar-refractivity contribution in [1.82, 2.24) is 10.3 Å². The molecule has 2 aromatic rings. The van der Waals surface area contributed by atoms with E-state index in [0.717, 1.165) is 35.9 Å². The highest BCUT2D eigenvalue weighted by atomic mass is 32.1. The Bertz CT molecular complexity index is 795. The van der Waals surface area contributed by atoms with E-state index >= 15 is 0 Å². The first-order valence-corrected chi connectivity index (χ1v) is 9.89. The van der Waals surface area contributed by atoms with Gasteiger partial charge in [0.05, 0.1) is 28.3 Å². The lowest BCUT2D eigenvalue weighted by atomic mass is 9.96. The van der Waals surface area contributed by atoms with Crippen LogP contribution in [0.5, 0.6) is 0 Å². The number of thiazole rings is 1. The van der Waals surface area contributed by atoms with Crippen molar-refractivity contribution in [3.63, 3.8) is 0 Å². The molecule has 26 heavy (non-hydrogen) atoms. The van der Waals surface area contributed by atoms with Gasteiger partial charge in [-0.1, -0.05) is 36.3 Å². The maximum Gasteiger partial charge on any atom is 0.229 e. The fourth-order valence-corrected chi connectivity index (χ4v) is 5.03. The quantitative estimate of drug-likeness (QED) is 0.875. The number of benzene rings is 1. The predicted octanol–water partition coefficient (Wildman–Crippen LogP) is 2.72. The van der Waals surface area contributed by atoms with E-state index in [1.165, 1.54) is 11.3 Å². The summed E-state index contributed by atoms with van der Waals surface area (Å²) in [5, 5.41) is 3.87. The van der Waals surface area contributed by atoms with E-state index in [9.17, 15) is 9.59 Å². The summed E-state index contributed by atoms with van der Waals surface area (Å²) in [6.45, 7) is 0.925. The molecule has 0 radical (unpaired) electrons. The zero-order chi connectivity index (χ0) is 18.1. The van der Waals surface area contributed by atoms with E-state index < -0.39 is 0 Å². The molecule has 1 aromatic heterocycles. The number of anilines is 1. The van der Waals surface area contributed by atoms with Gasteiger partial charge in [-0.2, -0.15) is 0 Å². The lowest BCUT2D eigenvalue weighted by Gasteiger charge is -2.30. The van der Waals surface area contributed by atoms with Crippen LogP contribution in [0.15, 0.2) is 24.3 Å².